The van der Waals surface area contributed by atoms with E-state index in [-0.39, 0.29) is 18.6 Å². The van der Waals surface area contributed by atoms with Crippen LogP contribution in [-0.2, 0) is 9.53 Å². The lowest BCUT2D eigenvalue weighted by Crippen LogP contribution is -2.50. The molecule has 3 N–H and O–H groups in total. The number of aromatic amines is 1. The van der Waals surface area contributed by atoms with E-state index in [0.717, 1.165) is 6.54 Å². The zero-order valence-electron chi connectivity index (χ0n) is 11.5. The summed E-state index contributed by atoms with van der Waals surface area (Å²) in [5.41, 5.74) is 0.383. The number of amides is 2. The van der Waals surface area contributed by atoms with Crippen LogP contribution in [0.15, 0.2) is 18.3 Å². The summed E-state index contributed by atoms with van der Waals surface area (Å²) >= 11 is 0. The third-order valence-corrected chi connectivity index (χ3v) is 3.12. The van der Waals surface area contributed by atoms with Gasteiger partial charge in [0.05, 0.1) is 19.3 Å². The van der Waals surface area contributed by atoms with Gasteiger partial charge in [-0.3, -0.25) is 19.8 Å². The molecule has 1 aliphatic heterocycles. The van der Waals surface area contributed by atoms with E-state index in [9.17, 15) is 9.59 Å². The first kappa shape index (κ1) is 14.7. The number of likely N-dealkylation sites (N-methyl/N-ethyl adjacent to an activating group) is 1. The molecule has 20 heavy (non-hydrogen) atoms. The molecule has 0 aliphatic carbocycles. The van der Waals surface area contributed by atoms with Crippen molar-refractivity contribution in [2.24, 2.45) is 0 Å². The number of hydrogen-bond donors (Lipinski definition) is 3. The van der Waals surface area contributed by atoms with Gasteiger partial charge in [-0.05, 0) is 19.2 Å². The largest absolute Gasteiger partial charge is 0.374 e. The van der Waals surface area contributed by atoms with E-state index in [4.69, 9.17) is 4.74 Å². The normalized spacial score (nSPS) is 19.8. The van der Waals surface area contributed by atoms with Crippen LogP contribution in [0, 0.1) is 0 Å². The minimum Gasteiger partial charge on any atom is -0.374 e. The van der Waals surface area contributed by atoms with Gasteiger partial charge in [0.15, 0.2) is 0 Å². The fourth-order valence-electron chi connectivity index (χ4n) is 2.18. The zero-order chi connectivity index (χ0) is 14.4. The van der Waals surface area contributed by atoms with Crippen molar-refractivity contribution in [2.75, 3.05) is 39.8 Å². The number of rotatable bonds is 5. The topological polar surface area (TPSA) is 86.5 Å². The van der Waals surface area contributed by atoms with Crippen LogP contribution in [0.3, 0.4) is 0 Å². The van der Waals surface area contributed by atoms with Crippen LogP contribution >= 0.6 is 0 Å². The van der Waals surface area contributed by atoms with Gasteiger partial charge in [0.25, 0.3) is 5.91 Å². The Kier molecular flexibility index (Phi) is 5.28. The van der Waals surface area contributed by atoms with Gasteiger partial charge in [-0.1, -0.05) is 0 Å². The minimum absolute atomic E-state index is 0.0839. The van der Waals surface area contributed by atoms with Gasteiger partial charge in [-0.25, -0.2) is 0 Å². The molecule has 0 aromatic carbocycles. The highest BCUT2D eigenvalue weighted by Gasteiger charge is 2.22. The first-order valence-corrected chi connectivity index (χ1v) is 6.65. The van der Waals surface area contributed by atoms with Crippen molar-refractivity contribution in [1.29, 1.82) is 0 Å². The molecule has 1 aromatic heterocycles. The molecule has 1 atom stereocenters. The number of ether oxygens (including phenoxy) is 1. The second kappa shape index (κ2) is 7.18. The summed E-state index contributed by atoms with van der Waals surface area (Å²) < 4.78 is 5.56. The summed E-state index contributed by atoms with van der Waals surface area (Å²) in [5.74, 6) is -0.699. The van der Waals surface area contributed by atoms with Crippen molar-refractivity contribution in [3.63, 3.8) is 0 Å². The lowest BCUT2D eigenvalue weighted by atomic mass is 10.2. The Morgan fingerprint density at radius 2 is 2.40 bits per heavy atom. The standard InChI is InChI=1S/C13H20N4O3/c1-14-7-10-8-17(5-6-20-10)9-12(18)16-13(19)11-3-2-4-15-11/h2-4,10,14-15H,5-9H2,1H3,(H,16,18,19). The number of carbonyl (C=O) groups is 2. The highest BCUT2D eigenvalue weighted by Crippen LogP contribution is 2.04. The molecular weight excluding hydrogens is 260 g/mol. The predicted octanol–water partition coefficient (Wildman–Crippen LogP) is -0.809. The summed E-state index contributed by atoms with van der Waals surface area (Å²) in [6.07, 6.45) is 1.73. The van der Waals surface area contributed by atoms with E-state index in [1.807, 2.05) is 11.9 Å². The maximum atomic E-state index is 11.8. The van der Waals surface area contributed by atoms with Crippen molar-refractivity contribution in [2.45, 2.75) is 6.10 Å². The fourth-order valence-corrected chi connectivity index (χ4v) is 2.18. The minimum atomic E-state index is -0.403. The number of hydrogen-bond acceptors (Lipinski definition) is 5. The lowest BCUT2D eigenvalue weighted by molar-refractivity contribution is -0.123. The number of carbonyl (C=O) groups excluding carboxylic acids is 2. The van der Waals surface area contributed by atoms with E-state index in [0.29, 0.717) is 25.4 Å². The van der Waals surface area contributed by atoms with Gasteiger partial charge in [-0.15, -0.1) is 0 Å². The van der Waals surface area contributed by atoms with Crippen molar-refractivity contribution in [3.8, 4) is 0 Å². The van der Waals surface area contributed by atoms with Gasteiger partial charge in [0.2, 0.25) is 5.91 Å². The number of aromatic nitrogens is 1. The maximum Gasteiger partial charge on any atom is 0.274 e. The van der Waals surface area contributed by atoms with Crippen molar-refractivity contribution in [1.82, 2.24) is 20.5 Å². The van der Waals surface area contributed by atoms with Gasteiger partial charge in [0.1, 0.15) is 5.69 Å². The van der Waals surface area contributed by atoms with Gasteiger partial charge in [0, 0.05) is 25.8 Å². The Labute approximate surface area is 117 Å². The number of morpholine rings is 1. The predicted molar refractivity (Wildman–Crippen MR) is 73.4 cm³/mol. The second-order valence-corrected chi connectivity index (χ2v) is 4.75. The van der Waals surface area contributed by atoms with Gasteiger partial charge < -0.3 is 15.0 Å². The van der Waals surface area contributed by atoms with E-state index < -0.39 is 5.91 Å². The second-order valence-electron chi connectivity index (χ2n) is 4.75. The quantitative estimate of drug-likeness (QED) is 0.657. The molecule has 0 radical (unpaired) electrons. The van der Waals surface area contributed by atoms with Crippen LogP contribution < -0.4 is 10.6 Å². The van der Waals surface area contributed by atoms with Crippen LogP contribution in [-0.4, -0.2) is 67.6 Å². The SMILES string of the molecule is CNCC1CN(CC(=O)NC(=O)c2ccc[nH]2)CCO1. The van der Waals surface area contributed by atoms with E-state index in [1.54, 1.807) is 18.3 Å². The highest BCUT2D eigenvalue weighted by molar-refractivity contribution is 6.04. The van der Waals surface area contributed by atoms with E-state index in [2.05, 4.69) is 15.6 Å². The first-order valence-electron chi connectivity index (χ1n) is 6.65. The Morgan fingerprint density at radius 3 is 3.10 bits per heavy atom. The van der Waals surface area contributed by atoms with E-state index >= 15 is 0 Å². The molecule has 2 rings (SSSR count). The summed E-state index contributed by atoms with van der Waals surface area (Å²) in [4.78, 5) is 28.3. The molecule has 0 spiro atoms. The average Bonchev–Trinajstić information content (AvgIpc) is 2.93. The first-order chi connectivity index (χ1) is 9.69. The van der Waals surface area contributed by atoms with Crippen LogP contribution in [0.4, 0.5) is 0 Å². The summed E-state index contributed by atoms with van der Waals surface area (Å²) in [6, 6.07) is 3.34. The summed E-state index contributed by atoms with van der Waals surface area (Å²) in [5, 5.41) is 5.42. The van der Waals surface area contributed by atoms with Gasteiger partial charge >= 0.3 is 0 Å². The van der Waals surface area contributed by atoms with Crippen molar-refractivity contribution < 1.29 is 14.3 Å². The van der Waals surface area contributed by atoms with Crippen molar-refractivity contribution >= 4 is 11.8 Å². The molecular formula is C13H20N4O3. The zero-order valence-corrected chi connectivity index (χ0v) is 11.5. The Bertz CT molecular complexity index is 444. The molecule has 0 bridgehead atoms. The number of nitrogens with zero attached hydrogens (tertiary/aromatic N) is 1. The Morgan fingerprint density at radius 1 is 1.55 bits per heavy atom. The van der Waals surface area contributed by atoms with Crippen molar-refractivity contribution in [3.05, 3.63) is 24.0 Å². The Hall–Kier alpha value is -1.70. The van der Waals surface area contributed by atoms with E-state index in [1.165, 1.54) is 0 Å². The third-order valence-electron chi connectivity index (χ3n) is 3.12. The Balaban J connectivity index is 1.78. The summed E-state index contributed by atoms with van der Waals surface area (Å²) in [7, 11) is 1.87. The molecule has 7 heteroatoms. The average molecular weight is 280 g/mol. The number of nitrogens with one attached hydrogen (secondary N) is 3. The van der Waals surface area contributed by atoms with Crippen LogP contribution in [0.2, 0.25) is 0 Å². The monoisotopic (exact) mass is 280 g/mol. The third kappa shape index (κ3) is 4.16. The molecule has 1 aliphatic rings. The van der Waals surface area contributed by atoms with Crippen LogP contribution in [0.1, 0.15) is 10.5 Å². The number of imide groups is 1. The molecule has 1 fully saturated rings. The van der Waals surface area contributed by atoms with Crippen LogP contribution in [0.5, 0.6) is 0 Å². The molecule has 2 heterocycles. The summed E-state index contributed by atoms with van der Waals surface area (Å²) in [6.45, 7) is 2.94. The smallest absolute Gasteiger partial charge is 0.274 e. The molecule has 1 aromatic rings. The molecule has 110 valence electrons. The highest BCUT2D eigenvalue weighted by atomic mass is 16.5. The molecule has 1 unspecified atom stereocenters. The molecule has 7 nitrogen and oxygen atoms in total. The number of H-pyrrole nitrogens is 1. The van der Waals surface area contributed by atoms with Crippen LogP contribution in [0.25, 0.3) is 0 Å². The fraction of sp³-hybridized carbons (Fsp3) is 0.538. The molecule has 1 saturated heterocycles. The lowest BCUT2D eigenvalue weighted by Gasteiger charge is -2.32. The molecule has 0 saturated carbocycles. The maximum absolute atomic E-state index is 11.8. The van der Waals surface area contributed by atoms with Gasteiger partial charge in [-0.2, -0.15) is 0 Å². The molecule has 2 amide bonds.